The summed E-state index contributed by atoms with van der Waals surface area (Å²) < 4.78 is 48.4. The van der Waals surface area contributed by atoms with Gasteiger partial charge in [-0.2, -0.15) is 10.2 Å². The zero-order valence-corrected chi connectivity index (χ0v) is 53.3. The van der Waals surface area contributed by atoms with Crippen LogP contribution in [0.2, 0.25) is 51.4 Å². The maximum atomic E-state index is 14.8. The molecule has 10 aromatic rings. The summed E-state index contributed by atoms with van der Waals surface area (Å²) in [5.74, 6) is -1.08. The molecular weight excluding hydrogens is 1130 g/mol. The molecule has 2 aliphatic rings. The number of benzene rings is 4. The molecule has 12 rings (SSSR count). The molecule has 0 spiro atoms. The minimum Gasteiger partial charge on any atom is -0.361 e. The number of rotatable bonds is 21. The van der Waals surface area contributed by atoms with E-state index in [9.17, 15) is 18.4 Å². The molecule has 2 aliphatic heterocycles. The Balaban J connectivity index is 0.000000189. The summed E-state index contributed by atoms with van der Waals surface area (Å²) in [7, 11) is -2.48. The van der Waals surface area contributed by atoms with Crippen LogP contribution in [0.1, 0.15) is 77.7 Å². The van der Waals surface area contributed by atoms with Crippen molar-refractivity contribution < 1.29 is 27.8 Å². The Morgan fingerprint density at radius 3 is 1.43 bits per heavy atom. The molecule has 4 aromatic carbocycles. The molecule has 0 radical (unpaired) electrons. The summed E-state index contributed by atoms with van der Waals surface area (Å²) in [5, 5.41) is 20.7. The third kappa shape index (κ3) is 13.7. The molecule has 0 saturated carbocycles. The molecule has 18 nitrogen and oxygen atoms in total. The van der Waals surface area contributed by atoms with E-state index in [0.717, 1.165) is 54.6 Å². The summed E-state index contributed by atoms with van der Waals surface area (Å²) in [6.07, 6.45) is 6.88. The van der Waals surface area contributed by atoms with Gasteiger partial charge in [0.15, 0.2) is 11.3 Å². The van der Waals surface area contributed by atoms with E-state index in [0.29, 0.717) is 75.0 Å². The molecule has 2 fully saturated rings. The molecular formula is C65H78F2N14O4Si2. The minimum absolute atomic E-state index is 0.0272. The fourth-order valence-corrected chi connectivity index (χ4v) is 12.5. The summed E-state index contributed by atoms with van der Waals surface area (Å²) in [6.45, 7) is 26.5. The number of ether oxygens (including phenoxy) is 2. The van der Waals surface area contributed by atoms with Crippen LogP contribution >= 0.6 is 0 Å². The lowest BCUT2D eigenvalue weighted by Crippen LogP contribution is -2.49. The zero-order valence-electron chi connectivity index (χ0n) is 51.3. The highest BCUT2D eigenvalue weighted by Gasteiger charge is 2.37. The molecule has 0 atom stereocenters. The maximum Gasteiger partial charge on any atom is 0.255 e. The van der Waals surface area contributed by atoms with Crippen molar-refractivity contribution >= 4 is 72.1 Å². The number of nitrogens with zero attached hydrogens (tertiary/aromatic N) is 11. The second kappa shape index (κ2) is 25.5. The van der Waals surface area contributed by atoms with Crippen molar-refractivity contribution in [3.63, 3.8) is 0 Å². The van der Waals surface area contributed by atoms with E-state index in [1.165, 1.54) is 29.3 Å². The highest BCUT2D eigenvalue weighted by molar-refractivity contribution is 6.76. The molecule has 8 heterocycles. The Labute approximate surface area is 507 Å². The van der Waals surface area contributed by atoms with Gasteiger partial charge in [0.2, 0.25) is 0 Å². The Morgan fingerprint density at radius 2 is 1.03 bits per heavy atom. The van der Waals surface area contributed by atoms with Crippen LogP contribution in [0.4, 0.5) is 8.78 Å². The fourth-order valence-electron chi connectivity index (χ4n) is 11.0. The monoisotopic (exact) mass is 1210 g/mol. The molecule has 0 bridgehead atoms. The average Bonchev–Trinajstić information content (AvgIpc) is 1.79. The minimum atomic E-state index is -1.26. The second-order valence-electron chi connectivity index (χ2n) is 25.9. The average molecular weight is 1210 g/mol. The third-order valence-electron chi connectivity index (χ3n) is 15.7. The van der Waals surface area contributed by atoms with Crippen LogP contribution in [0.15, 0.2) is 122 Å². The Hall–Kier alpha value is -7.87. The summed E-state index contributed by atoms with van der Waals surface area (Å²) in [4.78, 5) is 48.3. The van der Waals surface area contributed by atoms with Gasteiger partial charge < -0.3 is 34.6 Å². The lowest BCUT2D eigenvalue weighted by Gasteiger charge is -2.45. The third-order valence-corrected chi connectivity index (χ3v) is 19.1. The molecule has 454 valence electrons. The number of nitrogens with one attached hydrogen (secondary N) is 3. The predicted octanol–water partition coefficient (Wildman–Crippen LogP) is 11.9. The first-order chi connectivity index (χ1) is 41.7. The Morgan fingerprint density at radius 1 is 0.609 bits per heavy atom. The van der Waals surface area contributed by atoms with Crippen molar-refractivity contribution in [1.29, 1.82) is 0 Å². The normalized spacial score (nSPS) is 14.4. The number of carbonyl (C=O) groups is 2. The highest BCUT2D eigenvalue weighted by Crippen LogP contribution is 2.39. The van der Waals surface area contributed by atoms with Gasteiger partial charge in [-0.05, 0) is 87.3 Å². The first-order valence-electron chi connectivity index (χ1n) is 30.1. The molecule has 0 aliphatic carbocycles. The van der Waals surface area contributed by atoms with E-state index >= 15 is 0 Å². The lowest BCUT2D eigenvalue weighted by atomic mass is 9.93. The van der Waals surface area contributed by atoms with Gasteiger partial charge in [-0.1, -0.05) is 99.9 Å². The first kappa shape index (κ1) is 60.8. The number of carbonyl (C=O) groups excluding carboxylic acids is 2. The number of halogens is 2. The van der Waals surface area contributed by atoms with Crippen molar-refractivity contribution in [2.24, 2.45) is 0 Å². The van der Waals surface area contributed by atoms with Gasteiger partial charge in [0.1, 0.15) is 58.9 Å². The van der Waals surface area contributed by atoms with Gasteiger partial charge >= 0.3 is 0 Å². The molecule has 87 heavy (non-hydrogen) atoms. The number of likely N-dealkylation sites (tertiary alicyclic amines) is 1. The van der Waals surface area contributed by atoms with Crippen LogP contribution in [0, 0.1) is 11.6 Å². The van der Waals surface area contributed by atoms with E-state index in [1.807, 2.05) is 58.3 Å². The largest absolute Gasteiger partial charge is 0.361 e. The zero-order chi connectivity index (χ0) is 61.3. The SMILES string of the molecule is CC(C)NC(=O)c1cn(COCC[Si](C)(C)C)c2ncc(-c3nn(C4CN(C(c5ccccc5)c5ccccc5)C4)c4cc(F)ccc34)nc12.CC(C)NC(=O)c1cn(COCC[Si](C)(C)C)c2ncc(-c3nn(C4CNC4)c4cc(F)ccc34)nc12. The van der Waals surface area contributed by atoms with Gasteiger partial charge in [-0.15, -0.1) is 0 Å². The van der Waals surface area contributed by atoms with Crippen LogP contribution in [0.25, 0.3) is 66.9 Å². The highest BCUT2D eigenvalue weighted by atomic mass is 28.3. The van der Waals surface area contributed by atoms with Crippen molar-refractivity contribution in [3.8, 4) is 22.8 Å². The number of hydrogen-bond donors (Lipinski definition) is 3. The molecule has 6 aromatic heterocycles. The Kier molecular flexibility index (Phi) is 17.8. The number of fused-ring (bicyclic) bond motifs is 4. The quantitative estimate of drug-likeness (QED) is 0.0457. The Bertz CT molecular complexity index is 4050. The van der Waals surface area contributed by atoms with E-state index in [2.05, 4.69) is 109 Å². The smallest absolute Gasteiger partial charge is 0.255 e. The van der Waals surface area contributed by atoms with Gasteiger partial charge in [0, 0.05) is 90.8 Å². The summed E-state index contributed by atoms with van der Waals surface area (Å²) in [5.41, 5.74) is 9.10. The van der Waals surface area contributed by atoms with Crippen LogP contribution in [0.5, 0.6) is 0 Å². The maximum absolute atomic E-state index is 14.8. The van der Waals surface area contributed by atoms with Crippen molar-refractivity contribution in [2.45, 2.75) is 123 Å². The lowest BCUT2D eigenvalue weighted by molar-refractivity contribution is 0.0708. The number of hydrogen-bond acceptors (Lipinski definition) is 12. The summed E-state index contributed by atoms with van der Waals surface area (Å²) in [6, 6.07) is 32.7. The van der Waals surface area contributed by atoms with Gasteiger partial charge in [0.05, 0.1) is 52.7 Å². The van der Waals surface area contributed by atoms with Crippen LogP contribution in [0.3, 0.4) is 0 Å². The number of aromatic nitrogens is 10. The van der Waals surface area contributed by atoms with E-state index in [4.69, 9.17) is 39.6 Å². The molecule has 2 saturated heterocycles. The van der Waals surface area contributed by atoms with Crippen molar-refractivity contribution in [2.75, 3.05) is 39.4 Å². The van der Waals surface area contributed by atoms with Gasteiger partial charge in [-0.3, -0.25) is 23.9 Å². The fraction of sp³-hybridized carbons (Fsp3) is 0.385. The van der Waals surface area contributed by atoms with Crippen LogP contribution < -0.4 is 16.0 Å². The van der Waals surface area contributed by atoms with E-state index in [-0.39, 0.29) is 67.1 Å². The molecule has 3 N–H and O–H groups in total. The number of amides is 2. The topological polar surface area (TPSA) is 189 Å². The molecule has 2 amide bonds. The van der Waals surface area contributed by atoms with Crippen LogP contribution in [-0.4, -0.2) is 133 Å². The van der Waals surface area contributed by atoms with E-state index in [1.54, 1.807) is 43.0 Å². The first-order valence-corrected chi connectivity index (χ1v) is 37.5. The van der Waals surface area contributed by atoms with Gasteiger partial charge in [0.25, 0.3) is 11.8 Å². The van der Waals surface area contributed by atoms with Crippen molar-refractivity contribution in [3.05, 3.63) is 156 Å². The van der Waals surface area contributed by atoms with E-state index < -0.39 is 16.1 Å². The van der Waals surface area contributed by atoms with Crippen LogP contribution in [-0.2, 0) is 22.9 Å². The standard InChI is InChI=1S/C39H44FN7O2Si.C26H34FN7O2Si/c1-26(2)42-39(48)32-24-46(25-49-18-19-50(3,4)5)38-36(32)43-33(21-41-38)35-31-17-16-29(40)20-34(31)47(44-35)30-22-45(23-30)37(27-12-8-6-9-13-27)28-14-10-7-11-15-28;1-16(2)30-26(35)20-14-33(15-36-8-9-37(3,4)5)25-24(20)31-21(13-29-25)23-19-7-6-17(27)10-22(19)34(32-23)18-11-28-12-18/h6-17,20-21,24,26,30,37H,18-19,22-23,25H2,1-5H3,(H,42,48);6-7,10,13-14,16,18,28H,8-9,11-12,15H2,1-5H3,(H,30,35). The molecule has 0 unspecified atom stereocenters. The molecule has 22 heteroatoms. The van der Waals surface area contributed by atoms with Gasteiger partial charge in [-0.25, -0.2) is 28.7 Å². The second-order valence-corrected chi connectivity index (χ2v) is 37.1. The predicted molar refractivity (Wildman–Crippen MR) is 343 cm³/mol. The summed E-state index contributed by atoms with van der Waals surface area (Å²) >= 11 is 0. The van der Waals surface area contributed by atoms with Crippen molar-refractivity contribution in [1.82, 2.24) is 69.5 Å².